The van der Waals surface area contributed by atoms with Crippen LogP contribution in [0, 0.1) is 0 Å². The molecule has 1 amide bonds. The number of aliphatic hydroxyl groups is 11. The molecule has 12 N–H and O–H groups in total. The Morgan fingerprint density at radius 3 is 1.11 bits per heavy atom. The van der Waals surface area contributed by atoms with Crippen molar-refractivity contribution in [3.05, 3.63) is 109 Å². The largest absolute Gasteiger partial charge is 0.394 e. The molecule has 0 spiro atoms. The molecule has 0 aromatic carbocycles. The van der Waals surface area contributed by atoms with E-state index in [4.69, 9.17) is 28.4 Å². The fourth-order valence-electron chi connectivity index (χ4n) is 12.0. The van der Waals surface area contributed by atoms with Gasteiger partial charge in [0.25, 0.3) is 0 Å². The maximum Gasteiger partial charge on any atom is 0.220 e. The number of unbranched alkanes of at least 4 members (excludes halogenated alkanes) is 25. The summed E-state index contributed by atoms with van der Waals surface area (Å²) in [6, 6.07) is -0.980. The van der Waals surface area contributed by atoms with Crippen LogP contribution in [0.15, 0.2) is 109 Å². The highest BCUT2D eigenvalue weighted by molar-refractivity contribution is 5.76. The van der Waals surface area contributed by atoms with Crippen molar-refractivity contribution >= 4 is 5.91 Å². The number of ether oxygens (including phenoxy) is 6. The summed E-state index contributed by atoms with van der Waals surface area (Å²) < 4.78 is 34.4. The van der Waals surface area contributed by atoms with Crippen molar-refractivity contribution in [2.45, 2.75) is 349 Å². The zero-order valence-electron chi connectivity index (χ0n) is 59.3. The molecule has 3 aliphatic heterocycles. The molecule has 19 nitrogen and oxygen atoms in total. The van der Waals surface area contributed by atoms with Crippen LogP contribution in [0.2, 0.25) is 0 Å². The van der Waals surface area contributed by atoms with E-state index in [1.54, 1.807) is 6.08 Å². The Bertz CT molecular complexity index is 2180. The van der Waals surface area contributed by atoms with Crippen LogP contribution in [0.1, 0.15) is 245 Å². The van der Waals surface area contributed by atoms with E-state index in [0.717, 1.165) is 109 Å². The minimum Gasteiger partial charge on any atom is -0.394 e. The smallest absolute Gasteiger partial charge is 0.220 e. The Balaban J connectivity index is 1.35. The van der Waals surface area contributed by atoms with Crippen molar-refractivity contribution in [2.24, 2.45) is 0 Å². The third-order valence-corrected chi connectivity index (χ3v) is 18.1. The van der Waals surface area contributed by atoms with Gasteiger partial charge in [0.2, 0.25) is 5.91 Å². The minimum atomic E-state index is -1.98. The first-order valence-corrected chi connectivity index (χ1v) is 37.6. The SMILES string of the molecule is CC/C=C\C/C=C\C/C=C\C/C=C\C/C=C\C/C=C\C/C=C\C/C=C\CCCCCCCCCCCCCCC(=O)NC(COC1OC(CO)C(OC2OC(CO)C(OC3OC(CO)C(O)C(O)C3O)C(O)C2O)C(O)C1O)C(O)/C=C/CCCCCCCCCCCCCCC. The molecule has 0 aliphatic carbocycles. The first kappa shape index (κ1) is 87.7. The van der Waals surface area contributed by atoms with Crippen LogP contribution in [0.3, 0.4) is 0 Å². The Hall–Kier alpha value is -3.55. The van der Waals surface area contributed by atoms with Crippen molar-refractivity contribution < 1.29 is 89.4 Å². The number of carbonyl (C=O) groups excluding carboxylic acids is 1. The molecule has 3 rings (SSSR count). The third-order valence-electron chi connectivity index (χ3n) is 18.1. The van der Waals surface area contributed by atoms with Gasteiger partial charge in [0.15, 0.2) is 18.9 Å². The van der Waals surface area contributed by atoms with Crippen LogP contribution in [0.5, 0.6) is 0 Å². The number of hydrogen-bond acceptors (Lipinski definition) is 18. The second-order valence-corrected chi connectivity index (χ2v) is 26.4. The monoisotopic (exact) mass is 1370 g/mol. The molecule has 3 saturated heterocycles. The summed E-state index contributed by atoms with van der Waals surface area (Å²) >= 11 is 0. The lowest BCUT2D eigenvalue weighted by molar-refractivity contribution is -0.379. The van der Waals surface area contributed by atoms with Crippen LogP contribution in [0.4, 0.5) is 0 Å². The Morgan fingerprint density at radius 2 is 0.711 bits per heavy atom. The van der Waals surface area contributed by atoms with E-state index in [2.05, 4.69) is 116 Å². The van der Waals surface area contributed by atoms with Gasteiger partial charge in [0.05, 0.1) is 38.6 Å². The van der Waals surface area contributed by atoms with E-state index in [1.807, 2.05) is 6.08 Å². The summed E-state index contributed by atoms with van der Waals surface area (Å²) in [6.07, 6.45) is 52.1. The predicted molar refractivity (Wildman–Crippen MR) is 383 cm³/mol. The minimum absolute atomic E-state index is 0.235. The molecule has 0 saturated carbocycles. The fourth-order valence-corrected chi connectivity index (χ4v) is 12.0. The van der Waals surface area contributed by atoms with Crippen molar-refractivity contribution in [3.8, 4) is 0 Å². The van der Waals surface area contributed by atoms with Crippen molar-refractivity contribution in [1.29, 1.82) is 0 Å². The van der Waals surface area contributed by atoms with Gasteiger partial charge in [0.1, 0.15) is 73.2 Å². The first-order valence-electron chi connectivity index (χ1n) is 37.6. The van der Waals surface area contributed by atoms with E-state index in [1.165, 1.54) is 109 Å². The number of hydrogen-bond donors (Lipinski definition) is 12. The van der Waals surface area contributed by atoms with Gasteiger partial charge in [-0.05, 0) is 83.5 Å². The maximum absolute atomic E-state index is 13.4. The predicted octanol–water partition coefficient (Wildman–Crippen LogP) is 11.4. The fraction of sp³-hybridized carbons (Fsp3) is 0.756. The quantitative estimate of drug-likeness (QED) is 0.0199. The average Bonchev–Trinajstić information content (AvgIpc) is 0.789. The summed E-state index contributed by atoms with van der Waals surface area (Å²) in [6.45, 7) is 1.61. The number of allylic oxidation sites excluding steroid dienone is 17. The summed E-state index contributed by atoms with van der Waals surface area (Å²) in [5.41, 5.74) is 0. The van der Waals surface area contributed by atoms with Gasteiger partial charge in [-0.25, -0.2) is 0 Å². The summed E-state index contributed by atoms with van der Waals surface area (Å²) in [4.78, 5) is 13.4. The molecule has 0 bridgehead atoms. The molecule has 97 heavy (non-hydrogen) atoms. The molecule has 0 aromatic rings. The van der Waals surface area contributed by atoms with E-state index >= 15 is 0 Å². The normalized spacial score (nSPS) is 27.5. The summed E-state index contributed by atoms with van der Waals surface area (Å²) in [5.74, 6) is -0.281. The molecule has 558 valence electrons. The number of aliphatic hydroxyl groups excluding tert-OH is 11. The van der Waals surface area contributed by atoms with Crippen LogP contribution < -0.4 is 5.32 Å². The lowest BCUT2D eigenvalue weighted by Gasteiger charge is -2.48. The van der Waals surface area contributed by atoms with Gasteiger partial charge in [0, 0.05) is 6.42 Å². The molecule has 3 heterocycles. The lowest BCUT2D eigenvalue weighted by Crippen LogP contribution is -2.66. The second kappa shape index (κ2) is 58.0. The summed E-state index contributed by atoms with van der Waals surface area (Å²) in [7, 11) is 0. The highest BCUT2D eigenvalue weighted by Gasteiger charge is 2.53. The molecule has 17 atom stereocenters. The molecule has 17 unspecified atom stereocenters. The average molecular weight is 1370 g/mol. The van der Waals surface area contributed by atoms with Crippen molar-refractivity contribution in [1.82, 2.24) is 5.32 Å². The van der Waals surface area contributed by atoms with Crippen LogP contribution in [-0.2, 0) is 33.2 Å². The zero-order chi connectivity index (χ0) is 70.4. The molecule has 0 aromatic heterocycles. The highest BCUT2D eigenvalue weighted by Crippen LogP contribution is 2.33. The highest BCUT2D eigenvalue weighted by atomic mass is 16.8. The second-order valence-electron chi connectivity index (χ2n) is 26.4. The van der Waals surface area contributed by atoms with Crippen LogP contribution >= 0.6 is 0 Å². The first-order chi connectivity index (χ1) is 47.3. The Kier molecular flexibility index (Phi) is 52.4. The van der Waals surface area contributed by atoms with Crippen LogP contribution in [0.25, 0.3) is 0 Å². The van der Waals surface area contributed by atoms with Gasteiger partial charge in [-0.1, -0.05) is 264 Å². The number of nitrogens with one attached hydrogen (secondary N) is 1. The van der Waals surface area contributed by atoms with E-state index in [0.29, 0.717) is 6.42 Å². The van der Waals surface area contributed by atoms with Gasteiger partial charge < -0.3 is 89.9 Å². The topological polar surface area (TPSA) is 307 Å². The van der Waals surface area contributed by atoms with Crippen LogP contribution in [-0.4, -0.2) is 193 Å². The van der Waals surface area contributed by atoms with Gasteiger partial charge in [-0.2, -0.15) is 0 Å². The van der Waals surface area contributed by atoms with E-state index < -0.39 is 124 Å². The molecular weight excluding hydrogens is 1240 g/mol. The van der Waals surface area contributed by atoms with Gasteiger partial charge in [-0.3, -0.25) is 4.79 Å². The number of amides is 1. The molecular formula is C78H133NO18. The zero-order valence-corrected chi connectivity index (χ0v) is 59.3. The van der Waals surface area contributed by atoms with Crippen molar-refractivity contribution in [3.63, 3.8) is 0 Å². The number of rotatable bonds is 57. The standard InChI is InChI=1S/C78H133NO18/c1-3-5-7-9-11-13-15-17-19-20-21-22-23-24-25-26-27-28-29-30-31-32-33-34-35-36-37-38-39-40-42-44-46-48-50-52-54-56-66(84)79-61(62(83)55-53-51-49-47-45-43-41-18-16-14-12-10-8-6-4-2)60-92-76-72(90)69(87)74(64(58-81)94-76)97-78-73(91)70(88)75(65(59-82)95-78)96-77-71(89)68(86)67(85)63(57-80)93-77/h5,7,11,13,17,19,21-22,24-25,27-28,30-31,33-34,53,55,61-65,67-78,80-83,85-91H,3-4,6,8-10,12,14-16,18,20,23,26,29,32,35-52,54,56-60H2,1-2H3,(H,79,84)/b7-5-,13-11-,19-17-,22-21-,25-24-,28-27-,31-30-,34-33-,55-53+. The molecule has 3 fully saturated rings. The Morgan fingerprint density at radius 1 is 0.381 bits per heavy atom. The number of carbonyl (C=O) groups is 1. The van der Waals surface area contributed by atoms with Crippen molar-refractivity contribution in [2.75, 3.05) is 26.4 Å². The van der Waals surface area contributed by atoms with E-state index in [-0.39, 0.29) is 18.9 Å². The molecule has 0 radical (unpaired) electrons. The molecule has 19 heteroatoms. The maximum atomic E-state index is 13.4. The third kappa shape index (κ3) is 38.9. The summed E-state index contributed by atoms with van der Waals surface area (Å²) in [5, 5.41) is 121. The van der Waals surface area contributed by atoms with Gasteiger partial charge in [-0.15, -0.1) is 0 Å². The Labute approximate surface area is 583 Å². The van der Waals surface area contributed by atoms with E-state index in [9.17, 15) is 61.0 Å². The lowest BCUT2D eigenvalue weighted by atomic mass is 9.96. The van der Waals surface area contributed by atoms with Gasteiger partial charge >= 0.3 is 0 Å². The molecule has 3 aliphatic rings.